The van der Waals surface area contributed by atoms with Crippen LogP contribution in [0.1, 0.15) is 11.5 Å². The van der Waals surface area contributed by atoms with Crippen LogP contribution in [0.3, 0.4) is 0 Å². The number of oxazole rings is 1. The molecule has 1 aliphatic rings. The zero-order valence-electron chi connectivity index (χ0n) is 12.7. The molecule has 0 radical (unpaired) electrons. The van der Waals surface area contributed by atoms with Crippen molar-refractivity contribution in [2.45, 2.75) is 20.0 Å². The van der Waals surface area contributed by atoms with E-state index in [1.54, 1.807) is 0 Å². The molecular formula is C16H19N3O3. The van der Waals surface area contributed by atoms with Gasteiger partial charge in [-0.15, -0.1) is 0 Å². The molecule has 22 heavy (non-hydrogen) atoms. The average molecular weight is 301 g/mol. The highest BCUT2D eigenvalue weighted by molar-refractivity contribution is 5.94. The van der Waals surface area contributed by atoms with Crippen LogP contribution in [-0.4, -0.2) is 36.7 Å². The second kappa shape index (κ2) is 6.29. The highest BCUT2D eigenvalue weighted by atomic mass is 16.5. The molecule has 1 unspecified atom stereocenters. The molecule has 1 atom stereocenters. The van der Waals surface area contributed by atoms with Crippen LogP contribution in [0, 0.1) is 13.8 Å². The molecule has 1 aromatic carbocycles. The van der Waals surface area contributed by atoms with Gasteiger partial charge in [-0.2, -0.15) is 0 Å². The first kappa shape index (κ1) is 14.7. The van der Waals surface area contributed by atoms with Crippen molar-refractivity contribution >= 4 is 11.6 Å². The highest BCUT2D eigenvalue weighted by Gasteiger charge is 2.21. The molecule has 0 aliphatic carbocycles. The van der Waals surface area contributed by atoms with Crippen molar-refractivity contribution in [1.29, 1.82) is 0 Å². The lowest BCUT2D eigenvalue weighted by atomic mass is 10.2. The van der Waals surface area contributed by atoms with Crippen LogP contribution in [0.5, 0.6) is 0 Å². The maximum atomic E-state index is 12.2. The Balaban J connectivity index is 1.74. The number of benzene rings is 1. The van der Waals surface area contributed by atoms with Gasteiger partial charge in [-0.25, -0.2) is 4.98 Å². The van der Waals surface area contributed by atoms with Crippen molar-refractivity contribution < 1.29 is 13.9 Å². The lowest BCUT2D eigenvalue weighted by Gasteiger charge is -2.22. The van der Waals surface area contributed by atoms with Gasteiger partial charge in [0.15, 0.2) is 0 Å². The predicted molar refractivity (Wildman–Crippen MR) is 82.7 cm³/mol. The van der Waals surface area contributed by atoms with Crippen LogP contribution < -0.4 is 10.6 Å². The zero-order valence-corrected chi connectivity index (χ0v) is 12.7. The molecule has 0 saturated carbocycles. The standard InChI is InChI=1S/C16H19N3O3/c1-10-11(2)22-16(18-10)12-4-3-5-13(8-12)19-15(20)14-9-17-6-7-21-14/h3-5,8,14,17H,6-7,9H2,1-2H3,(H,19,20). The third-order valence-corrected chi connectivity index (χ3v) is 3.63. The van der Waals surface area contributed by atoms with E-state index in [-0.39, 0.29) is 5.91 Å². The third kappa shape index (κ3) is 3.18. The van der Waals surface area contributed by atoms with Gasteiger partial charge in [0.25, 0.3) is 5.91 Å². The first-order valence-corrected chi connectivity index (χ1v) is 7.31. The molecule has 1 saturated heterocycles. The monoisotopic (exact) mass is 301 g/mol. The summed E-state index contributed by atoms with van der Waals surface area (Å²) in [5.74, 6) is 1.21. The maximum absolute atomic E-state index is 12.2. The molecule has 1 aromatic heterocycles. The Kier molecular flexibility index (Phi) is 4.22. The van der Waals surface area contributed by atoms with E-state index in [1.807, 2.05) is 38.1 Å². The van der Waals surface area contributed by atoms with E-state index in [0.29, 0.717) is 24.7 Å². The fraction of sp³-hybridized carbons (Fsp3) is 0.375. The zero-order chi connectivity index (χ0) is 15.5. The Morgan fingerprint density at radius 1 is 1.41 bits per heavy atom. The van der Waals surface area contributed by atoms with Gasteiger partial charge in [0.1, 0.15) is 11.9 Å². The highest BCUT2D eigenvalue weighted by Crippen LogP contribution is 2.24. The first-order valence-electron chi connectivity index (χ1n) is 7.31. The number of carbonyl (C=O) groups excluding carboxylic acids is 1. The normalized spacial score (nSPS) is 18.2. The maximum Gasteiger partial charge on any atom is 0.254 e. The molecular weight excluding hydrogens is 282 g/mol. The molecule has 0 bridgehead atoms. The molecule has 1 fully saturated rings. The number of nitrogens with zero attached hydrogens (tertiary/aromatic N) is 1. The number of ether oxygens (including phenoxy) is 1. The Bertz CT molecular complexity index is 656. The van der Waals surface area contributed by atoms with E-state index in [9.17, 15) is 4.79 Å². The summed E-state index contributed by atoms with van der Waals surface area (Å²) in [4.78, 5) is 16.5. The van der Waals surface area contributed by atoms with E-state index in [0.717, 1.165) is 23.6 Å². The lowest BCUT2D eigenvalue weighted by Crippen LogP contribution is -2.45. The van der Waals surface area contributed by atoms with Crippen LogP contribution in [0.2, 0.25) is 0 Å². The molecule has 1 amide bonds. The minimum absolute atomic E-state index is 0.149. The topological polar surface area (TPSA) is 76.4 Å². The van der Waals surface area contributed by atoms with Crippen LogP contribution in [0.15, 0.2) is 28.7 Å². The van der Waals surface area contributed by atoms with Crippen molar-refractivity contribution in [3.63, 3.8) is 0 Å². The van der Waals surface area contributed by atoms with Crippen LogP contribution in [0.25, 0.3) is 11.5 Å². The molecule has 116 valence electrons. The number of aromatic nitrogens is 1. The molecule has 1 aliphatic heterocycles. The number of nitrogens with one attached hydrogen (secondary N) is 2. The van der Waals surface area contributed by atoms with Crippen molar-refractivity contribution in [2.75, 3.05) is 25.0 Å². The Morgan fingerprint density at radius 2 is 2.27 bits per heavy atom. The average Bonchev–Trinajstić information content (AvgIpc) is 2.88. The number of rotatable bonds is 3. The quantitative estimate of drug-likeness (QED) is 0.905. The summed E-state index contributed by atoms with van der Waals surface area (Å²) >= 11 is 0. The van der Waals surface area contributed by atoms with Crippen LogP contribution in [-0.2, 0) is 9.53 Å². The summed E-state index contributed by atoms with van der Waals surface area (Å²) in [5.41, 5.74) is 2.40. The third-order valence-electron chi connectivity index (χ3n) is 3.63. The molecule has 2 N–H and O–H groups in total. The number of anilines is 1. The number of hydrogen-bond acceptors (Lipinski definition) is 5. The number of morpholine rings is 1. The minimum Gasteiger partial charge on any atom is -0.441 e. The SMILES string of the molecule is Cc1nc(-c2cccc(NC(=O)C3CNCCO3)c2)oc1C. The van der Waals surface area contributed by atoms with Crippen molar-refractivity contribution in [3.8, 4) is 11.5 Å². The number of carbonyl (C=O) groups is 1. The molecule has 2 heterocycles. The molecule has 6 nitrogen and oxygen atoms in total. The molecule has 2 aromatic rings. The number of hydrogen-bond donors (Lipinski definition) is 2. The van der Waals surface area contributed by atoms with Gasteiger partial charge in [0.2, 0.25) is 5.89 Å². The van der Waals surface area contributed by atoms with Crippen molar-refractivity contribution in [2.24, 2.45) is 0 Å². The van der Waals surface area contributed by atoms with Gasteiger partial charge >= 0.3 is 0 Å². The largest absolute Gasteiger partial charge is 0.441 e. The van der Waals surface area contributed by atoms with Crippen molar-refractivity contribution in [1.82, 2.24) is 10.3 Å². The number of amides is 1. The van der Waals surface area contributed by atoms with Gasteiger partial charge in [0.05, 0.1) is 12.3 Å². The molecule has 0 spiro atoms. The Hall–Kier alpha value is -2.18. The fourth-order valence-electron chi connectivity index (χ4n) is 2.28. The summed E-state index contributed by atoms with van der Waals surface area (Å²) in [7, 11) is 0. The summed E-state index contributed by atoms with van der Waals surface area (Å²) < 4.78 is 11.1. The minimum atomic E-state index is -0.455. The van der Waals surface area contributed by atoms with Crippen LogP contribution in [0.4, 0.5) is 5.69 Å². The Labute approximate surface area is 128 Å². The summed E-state index contributed by atoms with van der Waals surface area (Å²) in [5, 5.41) is 6.01. The molecule has 6 heteroatoms. The second-order valence-corrected chi connectivity index (χ2v) is 5.29. The number of aryl methyl sites for hydroxylation is 2. The van der Waals surface area contributed by atoms with Gasteiger partial charge in [-0.05, 0) is 32.0 Å². The first-order chi connectivity index (χ1) is 10.6. The van der Waals surface area contributed by atoms with E-state index in [1.165, 1.54) is 0 Å². The van der Waals surface area contributed by atoms with Gasteiger partial charge < -0.3 is 19.8 Å². The Morgan fingerprint density at radius 3 is 2.95 bits per heavy atom. The molecule has 3 rings (SSSR count). The smallest absolute Gasteiger partial charge is 0.254 e. The van der Waals surface area contributed by atoms with Gasteiger partial charge in [-0.1, -0.05) is 6.07 Å². The van der Waals surface area contributed by atoms with Gasteiger partial charge in [0, 0.05) is 24.3 Å². The van der Waals surface area contributed by atoms with E-state index in [4.69, 9.17) is 9.15 Å². The summed E-state index contributed by atoms with van der Waals surface area (Å²) in [6.07, 6.45) is -0.455. The lowest BCUT2D eigenvalue weighted by molar-refractivity contribution is -0.128. The summed E-state index contributed by atoms with van der Waals surface area (Å²) in [6, 6.07) is 7.44. The second-order valence-electron chi connectivity index (χ2n) is 5.29. The fourth-order valence-corrected chi connectivity index (χ4v) is 2.28. The van der Waals surface area contributed by atoms with Crippen LogP contribution >= 0.6 is 0 Å². The summed E-state index contributed by atoms with van der Waals surface area (Å²) in [6.45, 7) is 5.64. The predicted octanol–water partition coefficient (Wildman–Crippen LogP) is 1.89. The van der Waals surface area contributed by atoms with Crippen molar-refractivity contribution in [3.05, 3.63) is 35.7 Å². The van der Waals surface area contributed by atoms with E-state index in [2.05, 4.69) is 15.6 Å². The van der Waals surface area contributed by atoms with E-state index < -0.39 is 6.10 Å². The van der Waals surface area contributed by atoms with E-state index >= 15 is 0 Å². The van der Waals surface area contributed by atoms with Gasteiger partial charge in [-0.3, -0.25) is 4.79 Å².